The van der Waals surface area contributed by atoms with Crippen LogP contribution in [0.3, 0.4) is 0 Å². The van der Waals surface area contributed by atoms with E-state index in [0.29, 0.717) is 12.2 Å². The molecule has 28 heavy (non-hydrogen) atoms. The highest BCUT2D eigenvalue weighted by molar-refractivity contribution is 5.93. The molecule has 4 heterocycles. The highest BCUT2D eigenvalue weighted by Gasteiger charge is 2.45. The number of likely N-dealkylation sites (tertiary alicyclic amines) is 1. The number of aromatic amines is 1. The lowest BCUT2D eigenvalue weighted by Crippen LogP contribution is -2.40. The third-order valence-corrected chi connectivity index (χ3v) is 5.65. The molecule has 4 rings (SSSR count). The minimum absolute atomic E-state index is 0.108. The van der Waals surface area contributed by atoms with Gasteiger partial charge < -0.3 is 19.5 Å². The third-order valence-electron chi connectivity index (χ3n) is 5.65. The number of nitrogens with one attached hydrogen (secondary N) is 1. The number of aromatic nitrogens is 3. The summed E-state index contributed by atoms with van der Waals surface area (Å²) in [4.78, 5) is 41.0. The first-order valence-corrected chi connectivity index (χ1v) is 9.77. The topological polar surface area (TPSA) is 91.4 Å². The zero-order chi connectivity index (χ0) is 19.7. The van der Waals surface area contributed by atoms with Gasteiger partial charge in [-0.15, -0.1) is 0 Å². The smallest absolute Gasteiger partial charge is 0.270 e. The number of methoxy groups -OCH3 is 1. The molecule has 2 aromatic heterocycles. The van der Waals surface area contributed by atoms with Gasteiger partial charge in [0, 0.05) is 37.7 Å². The Balaban J connectivity index is 1.49. The summed E-state index contributed by atoms with van der Waals surface area (Å²) < 4.78 is 4.97. The van der Waals surface area contributed by atoms with Crippen molar-refractivity contribution in [1.29, 1.82) is 0 Å². The molecule has 1 amide bonds. The number of amides is 1. The Morgan fingerprint density at radius 2 is 2.00 bits per heavy atom. The molecule has 0 unspecified atom stereocenters. The predicted octanol–water partition coefficient (Wildman–Crippen LogP) is 1.62. The molecule has 0 aromatic carbocycles. The standard InChI is InChI=1S/C20H25N5O3/c1-3-4-13-10-22-20(23-11-13)25-8-6-15-16(25)5-7-24(15)19(27)14-9-17(26)18(28-2)12-21-14/h9-12,15-16H,3-8H2,1-2H3,(H,21,26)/t15-,16-/m0/s1. The lowest BCUT2D eigenvalue weighted by Gasteiger charge is -2.25. The van der Waals surface area contributed by atoms with E-state index in [1.165, 1.54) is 19.4 Å². The van der Waals surface area contributed by atoms with E-state index in [-0.39, 0.29) is 29.2 Å². The highest BCUT2D eigenvalue weighted by atomic mass is 16.5. The quantitative estimate of drug-likeness (QED) is 0.844. The number of hydrogen-bond acceptors (Lipinski definition) is 6. The number of H-pyrrole nitrogens is 1. The monoisotopic (exact) mass is 383 g/mol. The van der Waals surface area contributed by atoms with E-state index >= 15 is 0 Å². The van der Waals surface area contributed by atoms with Crippen molar-refractivity contribution in [2.75, 3.05) is 25.1 Å². The maximum atomic E-state index is 13.0. The zero-order valence-corrected chi connectivity index (χ0v) is 16.2. The van der Waals surface area contributed by atoms with Crippen LogP contribution in [-0.4, -0.2) is 58.0 Å². The molecule has 1 N–H and O–H groups in total. The fraction of sp³-hybridized carbons (Fsp3) is 0.500. The van der Waals surface area contributed by atoms with Crippen molar-refractivity contribution >= 4 is 11.9 Å². The van der Waals surface area contributed by atoms with Gasteiger partial charge in [0.25, 0.3) is 5.91 Å². The second kappa shape index (κ2) is 7.61. The van der Waals surface area contributed by atoms with Crippen molar-refractivity contribution in [2.45, 2.75) is 44.7 Å². The molecule has 2 aromatic rings. The molecular weight excluding hydrogens is 358 g/mol. The van der Waals surface area contributed by atoms with Crippen molar-refractivity contribution in [1.82, 2.24) is 19.9 Å². The van der Waals surface area contributed by atoms with Crippen LogP contribution in [0.4, 0.5) is 5.95 Å². The maximum Gasteiger partial charge on any atom is 0.270 e. The number of nitrogens with zero attached hydrogens (tertiary/aromatic N) is 4. The number of fused-ring (bicyclic) bond motifs is 1. The predicted molar refractivity (Wildman–Crippen MR) is 105 cm³/mol. The first-order chi connectivity index (χ1) is 13.6. The van der Waals surface area contributed by atoms with Crippen LogP contribution in [0.15, 0.2) is 29.5 Å². The SMILES string of the molecule is CCCc1cnc(N2CC[C@H]3[C@@H]2CCN3C(=O)c2cc(=O)c(OC)c[nH]2)nc1. The second-order valence-electron chi connectivity index (χ2n) is 7.32. The van der Waals surface area contributed by atoms with Gasteiger partial charge in [-0.05, 0) is 24.8 Å². The van der Waals surface area contributed by atoms with Crippen molar-refractivity contribution < 1.29 is 9.53 Å². The molecule has 0 bridgehead atoms. The van der Waals surface area contributed by atoms with Crippen LogP contribution < -0.4 is 15.1 Å². The molecule has 8 nitrogen and oxygen atoms in total. The fourth-order valence-electron chi connectivity index (χ4n) is 4.30. The average molecular weight is 383 g/mol. The van der Waals surface area contributed by atoms with E-state index in [0.717, 1.165) is 43.7 Å². The van der Waals surface area contributed by atoms with Crippen molar-refractivity contribution in [3.63, 3.8) is 0 Å². The van der Waals surface area contributed by atoms with Gasteiger partial charge in [-0.1, -0.05) is 13.3 Å². The molecule has 0 spiro atoms. The maximum absolute atomic E-state index is 13.0. The number of carbonyl (C=O) groups is 1. The molecule has 2 fully saturated rings. The molecule has 0 radical (unpaired) electrons. The fourth-order valence-corrected chi connectivity index (χ4v) is 4.30. The van der Waals surface area contributed by atoms with E-state index in [9.17, 15) is 9.59 Å². The van der Waals surface area contributed by atoms with E-state index in [1.807, 2.05) is 17.3 Å². The molecule has 2 saturated heterocycles. The minimum Gasteiger partial charge on any atom is -0.491 e. The van der Waals surface area contributed by atoms with E-state index in [2.05, 4.69) is 26.8 Å². The molecule has 2 atom stereocenters. The molecule has 2 aliphatic heterocycles. The van der Waals surface area contributed by atoms with Crippen LogP contribution in [0, 0.1) is 0 Å². The molecule has 0 aliphatic carbocycles. The highest BCUT2D eigenvalue weighted by Crippen LogP contribution is 2.34. The van der Waals surface area contributed by atoms with Crippen molar-refractivity contribution in [3.8, 4) is 5.75 Å². The van der Waals surface area contributed by atoms with Gasteiger partial charge in [-0.25, -0.2) is 9.97 Å². The summed E-state index contributed by atoms with van der Waals surface area (Å²) in [6.45, 7) is 3.62. The Morgan fingerprint density at radius 1 is 1.25 bits per heavy atom. The molecule has 8 heteroatoms. The van der Waals surface area contributed by atoms with E-state index in [1.54, 1.807) is 0 Å². The number of aryl methyl sites for hydroxylation is 1. The van der Waals surface area contributed by atoms with Gasteiger partial charge in [-0.2, -0.15) is 0 Å². The van der Waals surface area contributed by atoms with Gasteiger partial charge in [0.15, 0.2) is 5.75 Å². The van der Waals surface area contributed by atoms with Gasteiger partial charge in [0.05, 0.1) is 19.2 Å². The summed E-state index contributed by atoms with van der Waals surface area (Å²) in [5, 5.41) is 0. The largest absolute Gasteiger partial charge is 0.491 e. The number of rotatable bonds is 5. The van der Waals surface area contributed by atoms with E-state index in [4.69, 9.17) is 4.74 Å². The van der Waals surface area contributed by atoms with Crippen LogP contribution in [0.25, 0.3) is 0 Å². The van der Waals surface area contributed by atoms with Crippen LogP contribution in [-0.2, 0) is 6.42 Å². The first kappa shape index (κ1) is 18.5. The summed E-state index contributed by atoms with van der Waals surface area (Å²) in [6.07, 6.45) is 9.04. The summed E-state index contributed by atoms with van der Waals surface area (Å²) >= 11 is 0. The zero-order valence-electron chi connectivity index (χ0n) is 16.2. The number of pyridine rings is 1. The van der Waals surface area contributed by atoms with E-state index < -0.39 is 0 Å². The van der Waals surface area contributed by atoms with Crippen LogP contribution in [0.1, 0.15) is 42.2 Å². The Kier molecular flexibility index (Phi) is 5.02. The van der Waals surface area contributed by atoms with Gasteiger partial charge >= 0.3 is 0 Å². The number of ether oxygens (including phenoxy) is 1. The lowest BCUT2D eigenvalue weighted by molar-refractivity contribution is 0.0731. The van der Waals surface area contributed by atoms with Crippen molar-refractivity contribution in [3.05, 3.63) is 46.1 Å². The minimum atomic E-state index is -0.297. The van der Waals surface area contributed by atoms with Crippen LogP contribution in [0.5, 0.6) is 5.75 Å². The summed E-state index contributed by atoms with van der Waals surface area (Å²) in [6, 6.07) is 1.64. The van der Waals surface area contributed by atoms with Crippen LogP contribution in [0.2, 0.25) is 0 Å². The van der Waals surface area contributed by atoms with Crippen LogP contribution >= 0.6 is 0 Å². The Hall–Kier alpha value is -2.90. The normalized spacial score (nSPS) is 21.1. The Labute approximate surface area is 163 Å². The third kappa shape index (κ3) is 3.23. The number of carbonyl (C=O) groups excluding carboxylic acids is 1. The summed E-state index contributed by atoms with van der Waals surface area (Å²) in [5.74, 6) is 0.791. The van der Waals surface area contributed by atoms with Crippen molar-refractivity contribution in [2.24, 2.45) is 0 Å². The number of hydrogen-bond donors (Lipinski definition) is 1. The second-order valence-corrected chi connectivity index (χ2v) is 7.32. The first-order valence-electron chi connectivity index (χ1n) is 9.77. The summed E-state index contributed by atoms with van der Waals surface area (Å²) in [5.41, 5.74) is 1.15. The molecule has 2 aliphatic rings. The van der Waals surface area contributed by atoms with Gasteiger partial charge in [0.2, 0.25) is 11.4 Å². The lowest BCUT2D eigenvalue weighted by atomic mass is 10.1. The molecular formula is C20H25N5O3. The molecule has 148 valence electrons. The number of anilines is 1. The molecule has 0 saturated carbocycles. The van der Waals surface area contributed by atoms with Gasteiger partial charge in [-0.3, -0.25) is 9.59 Å². The summed E-state index contributed by atoms with van der Waals surface area (Å²) in [7, 11) is 1.43. The Morgan fingerprint density at radius 3 is 2.68 bits per heavy atom. The average Bonchev–Trinajstić information content (AvgIpc) is 3.30. The Bertz CT molecular complexity index is 911. The van der Waals surface area contributed by atoms with Gasteiger partial charge in [0.1, 0.15) is 5.69 Å².